The maximum Gasteiger partial charge on any atom is 0.330 e. The summed E-state index contributed by atoms with van der Waals surface area (Å²) in [5.74, 6) is 0.673. The number of nitrogens with one attached hydrogen (secondary N) is 2. The Labute approximate surface area is 189 Å². The van der Waals surface area contributed by atoms with Crippen molar-refractivity contribution >= 4 is 28.7 Å². The topological polar surface area (TPSA) is 134 Å². The molecule has 5 rings (SSSR count). The van der Waals surface area contributed by atoms with Gasteiger partial charge in [0.05, 0.1) is 11.8 Å². The Hall–Kier alpha value is -2.67. The van der Waals surface area contributed by atoms with E-state index in [9.17, 15) is 19.6 Å². The second kappa shape index (κ2) is 8.35. The van der Waals surface area contributed by atoms with E-state index >= 15 is 0 Å². The molecule has 0 bridgehead atoms. The zero-order valence-electron chi connectivity index (χ0n) is 17.9. The Morgan fingerprint density at radius 3 is 2.50 bits per heavy atom. The van der Waals surface area contributed by atoms with Crippen LogP contribution in [-0.2, 0) is 4.79 Å². The Morgan fingerprint density at radius 2 is 1.88 bits per heavy atom. The molecule has 2 heterocycles. The van der Waals surface area contributed by atoms with Crippen molar-refractivity contribution in [3.8, 4) is 6.07 Å². The first-order chi connectivity index (χ1) is 15.5. The number of carbonyl (C=O) groups excluding carboxylic acids is 1. The van der Waals surface area contributed by atoms with Gasteiger partial charge in [-0.25, -0.2) is 14.8 Å². The minimum absolute atomic E-state index is 0.0433. The minimum atomic E-state index is -0.815. The normalized spacial score (nSPS) is 20.5. The molecule has 32 heavy (non-hydrogen) atoms. The number of H-pyrrole nitrogens is 1. The smallest absolute Gasteiger partial charge is 0.330 e. The molecule has 168 valence electrons. The lowest BCUT2D eigenvalue weighted by atomic mass is 9.92. The molecule has 0 aromatic carbocycles. The fourth-order valence-corrected chi connectivity index (χ4v) is 5.29. The summed E-state index contributed by atoms with van der Waals surface area (Å²) in [4.78, 5) is 49.6. The molecule has 2 aromatic rings. The molecule has 1 amide bonds. The van der Waals surface area contributed by atoms with Crippen molar-refractivity contribution in [3.63, 3.8) is 0 Å². The van der Waals surface area contributed by atoms with Crippen molar-refractivity contribution in [2.24, 2.45) is 0 Å². The van der Waals surface area contributed by atoms with E-state index in [-0.39, 0.29) is 29.0 Å². The van der Waals surface area contributed by atoms with Gasteiger partial charge in [0.2, 0.25) is 5.91 Å². The van der Waals surface area contributed by atoms with Gasteiger partial charge in [0.1, 0.15) is 21.8 Å². The number of hydrogen-bond donors (Lipinski definition) is 2. The molecule has 0 radical (unpaired) electrons. The maximum atomic E-state index is 12.8. The molecule has 0 unspecified atom stereocenters. The fourth-order valence-electron chi connectivity index (χ4n) is 4.47. The zero-order valence-corrected chi connectivity index (χ0v) is 18.7. The van der Waals surface area contributed by atoms with E-state index < -0.39 is 16.8 Å². The molecular formula is C22H26N6O3S. The molecule has 10 heteroatoms. The van der Waals surface area contributed by atoms with Gasteiger partial charge in [0.25, 0.3) is 5.56 Å². The van der Waals surface area contributed by atoms with Crippen LogP contribution in [0.15, 0.2) is 14.6 Å². The molecule has 3 fully saturated rings. The Kier molecular flexibility index (Phi) is 5.53. The van der Waals surface area contributed by atoms with E-state index in [0.29, 0.717) is 29.3 Å². The molecule has 3 saturated carbocycles. The van der Waals surface area contributed by atoms with Gasteiger partial charge < -0.3 is 5.32 Å². The molecule has 0 spiro atoms. The van der Waals surface area contributed by atoms with Crippen molar-refractivity contribution in [2.45, 2.75) is 86.7 Å². The van der Waals surface area contributed by atoms with E-state index in [1.54, 1.807) is 4.57 Å². The van der Waals surface area contributed by atoms with Crippen LogP contribution >= 0.6 is 11.8 Å². The second-order valence-electron chi connectivity index (χ2n) is 9.17. The van der Waals surface area contributed by atoms with Crippen LogP contribution in [0.1, 0.15) is 82.0 Å². The molecule has 0 aliphatic heterocycles. The highest BCUT2D eigenvalue weighted by molar-refractivity contribution is 8.00. The van der Waals surface area contributed by atoms with Crippen LogP contribution in [0, 0.1) is 11.3 Å². The van der Waals surface area contributed by atoms with E-state index in [0.717, 1.165) is 51.4 Å². The molecule has 2 N–H and O–H groups in total. The molecule has 9 nitrogen and oxygen atoms in total. The van der Waals surface area contributed by atoms with Gasteiger partial charge in [-0.3, -0.25) is 19.1 Å². The Morgan fingerprint density at radius 1 is 1.16 bits per heavy atom. The number of hydrogen-bond acceptors (Lipinski definition) is 7. The van der Waals surface area contributed by atoms with E-state index in [1.807, 2.05) is 0 Å². The average molecular weight is 455 g/mol. The summed E-state index contributed by atoms with van der Waals surface area (Å²) in [5, 5.41) is 13.4. The molecule has 0 atom stereocenters. The van der Waals surface area contributed by atoms with Gasteiger partial charge in [-0.2, -0.15) is 5.26 Å². The number of fused-ring (bicyclic) bond motifs is 1. The quantitative estimate of drug-likeness (QED) is 0.389. The highest BCUT2D eigenvalue weighted by Crippen LogP contribution is 2.41. The van der Waals surface area contributed by atoms with Crippen LogP contribution in [0.3, 0.4) is 0 Å². The maximum absolute atomic E-state index is 12.8. The summed E-state index contributed by atoms with van der Waals surface area (Å²) in [6, 6.07) is 2.38. The summed E-state index contributed by atoms with van der Waals surface area (Å²) in [7, 11) is 0. The number of amides is 1. The van der Waals surface area contributed by atoms with Crippen LogP contribution < -0.4 is 16.6 Å². The number of nitrogens with zero attached hydrogens (tertiary/aromatic N) is 4. The van der Waals surface area contributed by atoms with Crippen LogP contribution in [0.2, 0.25) is 0 Å². The minimum Gasteiger partial charge on any atom is -0.337 e. The number of carbonyl (C=O) groups is 1. The fraction of sp³-hybridized carbons (Fsp3) is 0.636. The summed E-state index contributed by atoms with van der Waals surface area (Å²) in [6.45, 7) is 0. The molecular weight excluding hydrogens is 428 g/mol. The summed E-state index contributed by atoms with van der Waals surface area (Å²) in [6.07, 6.45) is 9.07. The van der Waals surface area contributed by atoms with Crippen LogP contribution in [0.4, 0.5) is 0 Å². The van der Waals surface area contributed by atoms with E-state index in [1.165, 1.54) is 11.8 Å². The highest BCUT2D eigenvalue weighted by Gasteiger charge is 2.34. The first-order valence-electron chi connectivity index (χ1n) is 11.4. The lowest BCUT2D eigenvalue weighted by Crippen LogP contribution is -2.47. The predicted octanol–water partition coefficient (Wildman–Crippen LogP) is 2.52. The standard InChI is InChI=1S/C22H26N6O3S/c23-12-22(9-3-1-2-4-10-22)27-15(29)11-32-20-16-18(24-17(25-20)13-5-6-13)28(14-7-8-14)21(31)26-19(16)30/h13-14H,1-11H2,(H,27,29)(H,26,30,31). The van der Waals surface area contributed by atoms with Crippen molar-refractivity contribution in [3.05, 3.63) is 26.7 Å². The lowest BCUT2D eigenvalue weighted by molar-refractivity contribution is -0.120. The average Bonchev–Trinajstić information content (AvgIpc) is 3.64. The third-order valence-electron chi connectivity index (χ3n) is 6.51. The lowest BCUT2D eigenvalue weighted by Gasteiger charge is -2.26. The number of nitriles is 1. The molecule has 2 aromatic heterocycles. The van der Waals surface area contributed by atoms with E-state index in [4.69, 9.17) is 0 Å². The summed E-state index contributed by atoms with van der Waals surface area (Å²) in [5.41, 5.74) is -1.41. The van der Waals surface area contributed by atoms with Crippen molar-refractivity contribution < 1.29 is 4.79 Å². The Bertz CT molecular complexity index is 1210. The predicted molar refractivity (Wildman–Crippen MR) is 120 cm³/mol. The van der Waals surface area contributed by atoms with E-state index in [2.05, 4.69) is 26.3 Å². The van der Waals surface area contributed by atoms with Crippen LogP contribution in [0.25, 0.3) is 11.0 Å². The third-order valence-corrected chi connectivity index (χ3v) is 7.49. The first kappa shape index (κ1) is 21.2. The zero-order chi connectivity index (χ0) is 22.3. The summed E-state index contributed by atoms with van der Waals surface area (Å²) >= 11 is 1.17. The largest absolute Gasteiger partial charge is 0.337 e. The number of rotatable bonds is 6. The number of aromatic amines is 1. The SMILES string of the molecule is N#CC1(NC(=O)CSc2nc(C3CC3)nc3c2c(=O)[nH]c(=O)n3C2CC2)CCCCCC1. The van der Waals surface area contributed by atoms with Crippen molar-refractivity contribution in [1.82, 2.24) is 24.8 Å². The van der Waals surface area contributed by atoms with Crippen molar-refractivity contribution in [1.29, 1.82) is 5.26 Å². The number of thioether (sulfide) groups is 1. The second-order valence-corrected chi connectivity index (χ2v) is 10.1. The molecule has 3 aliphatic carbocycles. The van der Waals surface area contributed by atoms with Gasteiger partial charge in [0, 0.05) is 12.0 Å². The van der Waals surface area contributed by atoms with Crippen LogP contribution in [0.5, 0.6) is 0 Å². The van der Waals surface area contributed by atoms with Crippen molar-refractivity contribution in [2.75, 3.05) is 5.75 Å². The van der Waals surface area contributed by atoms with Crippen LogP contribution in [-0.4, -0.2) is 36.7 Å². The third kappa shape index (κ3) is 4.18. The number of aromatic nitrogens is 4. The molecule has 3 aliphatic rings. The monoisotopic (exact) mass is 454 g/mol. The van der Waals surface area contributed by atoms with Gasteiger partial charge in [-0.1, -0.05) is 37.4 Å². The van der Waals surface area contributed by atoms with Gasteiger partial charge in [-0.15, -0.1) is 0 Å². The van der Waals surface area contributed by atoms with Gasteiger partial charge in [-0.05, 0) is 38.5 Å². The first-order valence-corrected chi connectivity index (χ1v) is 12.4. The summed E-state index contributed by atoms with van der Waals surface area (Å²) < 4.78 is 1.57. The van der Waals surface area contributed by atoms with Gasteiger partial charge in [0.15, 0.2) is 5.65 Å². The molecule has 0 saturated heterocycles. The van der Waals surface area contributed by atoms with Gasteiger partial charge >= 0.3 is 5.69 Å². The highest BCUT2D eigenvalue weighted by atomic mass is 32.2. The Balaban J connectivity index is 1.44.